The fourth-order valence-corrected chi connectivity index (χ4v) is 2.40. The molecule has 0 saturated heterocycles. The lowest BCUT2D eigenvalue weighted by Crippen LogP contribution is -2.30. The maximum atomic E-state index is 12.4. The molecule has 1 unspecified atom stereocenters. The number of ether oxygens (including phenoxy) is 1. The van der Waals surface area contributed by atoms with Crippen LogP contribution in [-0.2, 0) is 11.3 Å². The first-order chi connectivity index (χ1) is 11.5. The summed E-state index contributed by atoms with van der Waals surface area (Å²) in [7, 11) is 0. The second-order valence-corrected chi connectivity index (χ2v) is 6.03. The molecule has 0 heterocycles. The van der Waals surface area contributed by atoms with Crippen molar-refractivity contribution in [2.75, 3.05) is 11.9 Å². The molecule has 4 nitrogen and oxygen atoms in total. The first-order valence-corrected chi connectivity index (χ1v) is 8.41. The van der Waals surface area contributed by atoms with Crippen molar-refractivity contribution in [3.8, 4) is 5.75 Å². The van der Waals surface area contributed by atoms with Gasteiger partial charge in [0, 0.05) is 12.2 Å². The number of carbonyl (C=O) groups excluding carboxylic acids is 1. The summed E-state index contributed by atoms with van der Waals surface area (Å²) in [6.45, 7) is 7.27. The fraction of sp³-hybridized carbons (Fsp3) is 0.316. The van der Waals surface area contributed by atoms with Crippen molar-refractivity contribution in [1.29, 1.82) is 0 Å². The van der Waals surface area contributed by atoms with Crippen LogP contribution in [-0.4, -0.2) is 18.6 Å². The number of para-hydroxylation sites is 1. The molecule has 0 aliphatic heterocycles. The summed E-state index contributed by atoms with van der Waals surface area (Å²) in [5.74, 6) is 0.303. The monoisotopic (exact) mass is 382 g/mol. The Bertz CT molecular complexity index is 708. The molecule has 0 radical (unpaired) electrons. The number of nitrogens with one attached hydrogen (secondary N) is 2. The van der Waals surface area contributed by atoms with E-state index in [-0.39, 0.29) is 18.3 Å². The lowest BCUT2D eigenvalue weighted by Gasteiger charge is -2.17. The van der Waals surface area contributed by atoms with Crippen molar-refractivity contribution in [3.63, 3.8) is 0 Å². The van der Waals surface area contributed by atoms with Gasteiger partial charge in [0.15, 0.2) is 6.10 Å². The standard InChI is InChI=1S/C19H23ClN2O2.ClH/c1-4-21-12-15-7-5-6-8-17(15)22-19(23)14(3)24-18-11-13(2)9-10-16(18)20;/h5-11,14,21H,4,12H2,1-3H3,(H,22,23);1H. The summed E-state index contributed by atoms with van der Waals surface area (Å²) in [6, 6.07) is 13.2. The van der Waals surface area contributed by atoms with Gasteiger partial charge in [0.2, 0.25) is 0 Å². The molecular weight excluding hydrogens is 359 g/mol. The summed E-state index contributed by atoms with van der Waals surface area (Å²) in [6.07, 6.45) is -0.656. The normalized spacial score (nSPS) is 11.4. The summed E-state index contributed by atoms with van der Waals surface area (Å²) < 4.78 is 5.72. The predicted molar refractivity (Wildman–Crippen MR) is 106 cm³/mol. The Labute approximate surface area is 160 Å². The summed E-state index contributed by atoms with van der Waals surface area (Å²) >= 11 is 6.12. The summed E-state index contributed by atoms with van der Waals surface area (Å²) in [5.41, 5.74) is 2.85. The van der Waals surface area contributed by atoms with Gasteiger partial charge in [-0.1, -0.05) is 42.8 Å². The molecule has 2 aromatic rings. The smallest absolute Gasteiger partial charge is 0.265 e. The molecule has 2 aromatic carbocycles. The van der Waals surface area contributed by atoms with Gasteiger partial charge in [-0.2, -0.15) is 0 Å². The van der Waals surface area contributed by atoms with Gasteiger partial charge in [0.25, 0.3) is 5.91 Å². The highest BCUT2D eigenvalue weighted by Gasteiger charge is 2.17. The molecule has 0 fully saturated rings. The molecule has 6 heteroatoms. The summed E-state index contributed by atoms with van der Waals surface area (Å²) in [5, 5.41) is 6.68. The lowest BCUT2D eigenvalue weighted by molar-refractivity contribution is -0.122. The lowest BCUT2D eigenvalue weighted by atomic mass is 10.1. The van der Waals surface area contributed by atoms with Gasteiger partial charge in [-0.25, -0.2) is 0 Å². The SMILES string of the molecule is CCNCc1ccccc1NC(=O)C(C)Oc1cc(C)ccc1Cl.Cl. The largest absolute Gasteiger partial charge is 0.479 e. The van der Waals surface area contributed by atoms with Crippen molar-refractivity contribution < 1.29 is 9.53 Å². The molecule has 0 aromatic heterocycles. The van der Waals surface area contributed by atoms with E-state index in [1.165, 1.54) is 0 Å². The quantitative estimate of drug-likeness (QED) is 0.736. The van der Waals surface area contributed by atoms with Crippen LogP contribution in [0.3, 0.4) is 0 Å². The highest BCUT2D eigenvalue weighted by molar-refractivity contribution is 6.32. The Morgan fingerprint density at radius 2 is 1.96 bits per heavy atom. The minimum atomic E-state index is -0.656. The Hall–Kier alpha value is -1.75. The first kappa shape index (κ1) is 21.3. The van der Waals surface area contributed by atoms with Crippen LogP contribution < -0.4 is 15.4 Å². The molecular formula is C19H24Cl2N2O2. The molecule has 0 spiro atoms. The molecule has 0 aliphatic rings. The van der Waals surface area contributed by atoms with Gasteiger partial charge in [0.1, 0.15) is 5.75 Å². The van der Waals surface area contributed by atoms with Crippen molar-refractivity contribution in [1.82, 2.24) is 5.32 Å². The predicted octanol–water partition coefficient (Wildman–Crippen LogP) is 4.59. The maximum absolute atomic E-state index is 12.4. The van der Waals surface area contributed by atoms with E-state index in [2.05, 4.69) is 10.6 Å². The molecule has 1 amide bonds. The molecule has 0 bridgehead atoms. The van der Waals surface area contributed by atoms with E-state index in [9.17, 15) is 4.79 Å². The molecule has 25 heavy (non-hydrogen) atoms. The number of rotatable bonds is 7. The Balaban J connectivity index is 0.00000312. The van der Waals surface area contributed by atoms with Crippen LogP contribution in [0.1, 0.15) is 25.0 Å². The minimum Gasteiger partial charge on any atom is -0.479 e. The van der Waals surface area contributed by atoms with Crippen LogP contribution in [0.15, 0.2) is 42.5 Å². The van der Waals surface area contributed by atoms with Crippen LogP contribution in [0.25, 0.3) is 0 Å². The molecule has 2 N–H and O–H groups in total. The Morgan fingerprint density at radius 3 is 2.68 bits per heavy atom. The zero-order chi connectivity index (χ0) is 17.5. The number of hydrogen-bond donors (Lipinski definition) is 2. The number of carbonyl (C=O) groups is 1. The fourth-order valence-electron chi connectivity index (χ4n) is 2.24. The maximum Gasteiger partial charge on any atom is 0.265 e. The third-order valence-electron chi connectivity index (χ3n) is 3.60. The van der Waals surface area contributed by atoms with Gasteiger partial charge in [0.05, 0.1) is 5.02 Å². The van der Waals surface area contributed by atoms with E-state index in [0.29, 0.717) is 17.3 Å². The summed E-state index contributed by atoms with van der Waals surface area (Å²) in [4.78, 5) is 12.4. The molecule has 136 valence electrons. The molecule has 2 rings (SSSR count). The Morgan fingerprint density at radius 1 is 1.24 bits per heavy atom. The van der Waals surface area contributed by atoms with Gasteiger partial charge < -0.3 is 15.4 Å². The topological polar surface area (TPSA) is 50.4 Å². The van der Waals surface area contributed by atoms with E-state index in [1.54, 1.807) is 13.0 Å². The molecule has 0 saturated carbocycles. The average Bonchev–Trinajstić information content (AvgIpc) is 2.57. The van der Waals surface area contributed by atoms with Gasteiger partial charge >= 0.3 is 0 Å². The van der Waals surface area contributed by atoms with E-state index in [1.807, 2.05) is 50.2 Å². The van der Waals surface area contributed by atoms with Crippen molar-refractivity contribution in [2.24, 2.45) is 0 Å². The van der Waals surface area contributed by atoms with Crippen molar-refractivity contribution in [3.05, 3.63) is 58.6 Å². The van der Waals surface area contributed by atoms with Crippen LogP contribution in [0.2, 0.25) is 5.02 Å². The number of aryl methyl sites for hydroxylation is 1. The third-order valence-corrected chi connectivity index (χ3v) is 3.91. The van der Waals surface area contributed by atoms with Gasteiger partial charge in [-0.05, 0) is 49.7 Å². The highest BCUT2D eigenvalue weighted by atomic mass is 35.5. The van der Waals surface area contributed by atoms with Crippen LogP contribution in [0, 0.1) is 6.92 Å². The zero-order valence-corrected chi connectivity index (χ0v) is 16.2. The Kier molecular flexibility index (Phi) is 8.76. The average molecular weight is 383 g/mol. The third kappa shape index (κ3) is 6.24. The van der Waals surface area contributed by atoms with Crippen molar-refractivity contribution >= 4 is 35.6 Å². The van der Waals surface area contributed by atoms with E-state index in [4.69, 9.17) is 16.3 Å². The number of hydrogen-bond acceptors (Lipinski definition) is 3. The first-order valence-electron chi connectivity index (χ1n) is 8.03. The van der Waals surface area contributed by atoms with E-state index < -0.39 is 6.10 Å². The highest BCUT2D eigenvalue weighted by Crippen LogP contribution is 2.26. The number of halogens is 2. The van der Waals surface area contributed by atoms with Gasteiger partial charge in [-0.3, -0.25) is 4.79 Å². The van der Waals surface area contributed by atoms with E-state index in [0.717, 1.165) is 23.4 Å². The van der Waals surface area contributed by atoms with Crippen LogP contribution in [0.4, 0.5) is 5.69 Å². The second kappa shape index (κ2) is 10.3. The second-order valence-electron chi connectivity index (χ2n) is 5.62. The van der Waals surface area contributed by atoms with Gasteiger partial charge in [-0.15, -0.1) is 12.4 Å². The number of amides is 1. The van der Waals surface area contributed by atoms with E-state index >= 15 is 0 Å². The van der Waals surface area contributed by atoms with Crippen LogP contribution >= 0.6 is 24.0 Å². The zero-order valence-electron chi connectivity index (χ0n) is 14.6. The minimum absolute atomic E-state index is 0. The molecule has 0 aliphatic carbocycles. The van der Waals surface area contributed by atoms with Crippen LogP contribution in [0.5, 0.6) is 5.75 Å². The number of anilines is 1. The molecule has 1 atom stereocenters. The number of benzene rings is 2. The van der Waals surface area contributed by atoms with Crippen molar-refractivity contribution in [2.45, 2.75) is 33.4 Å².